The second kappa shape index (κ2) is 10.6. The maximum atomic E-state index is 10.7. The molecule has 0 aromatic heterocycles. The number of aromatic carboxylic acids is 1. The van der Waals surface area contributed by atoms with E-state index in [1.165, 1.54) is 5.56 Å². The summed E-state index contributed by atoms with van der Waals surface area (Å²) < 4.78 is 0. The number of benzene rings is 2. The summed E-state index contributed by atoms with van der Waals surface area (Å²) in [6.45, 7) is 7.82. The molecule has 2 aromatic carbocycles. The van der Waals surface area contributed by atoms with Crippen molar-refractivity contribution in [2.24, 2.45) is 0 Å². The minimum absolute atomic E-state index is 0. The maximum absolute atomic E-state index is 10.7. The average molecular weight is 351 g/mol. The van der Waals surface area contributed by atoms with Crippen molar-refractivity contribution < 1.29 is 14.7 Å². The van der Waals surface area contributed by atoms with Gasteiger partial charge in [-0.1, -0.05) is 27.0 Å². The molecule has 0 fully saturated rings. The molecule has 0 saturated carbocycles. The molecular formula is C20H27ClO3. The summed E-state index contributed by atoms with van der Waals surface area (Å²) in [6.07, 6.45) is 0. The Labute approximate surface area is 150 Å². The molecule has 0 bridgehead atoms. The largest absolute Gasteiger partial charge is 0.478 e. The fourth-order valence-corrected chi connectivity index (χ4v) is 1.86. The van der Waals surface area contributed by atoms with Gasteiger partial charge in [0, 0.05) is 5.56 Å². The Hall–Kier alpha value is -2.13. The molecule has 3 nitrogen and oxygen atoms in total. The van der Waals surface area contributed by atoms with E-state index in [9.17, 15) is 9.59 Å². The van der Waals surface area contributed by atoms with Crippen molar-refractivity contribution in [2.75, 3.05) is 0 Å². The Balaban J connectivity index is 0. The summed E-state index contributed by atoms with van der Waals surface area (Å²) in [5, 5.41) is 8.20. The lowest BCUT2D eigenvalue weighted by atomic mass is 10.1. The van der Waals surface area contributed by atoms with Crippen molar-refractivity contribution in [1.29, 1.82) is 0 Å². The Kier molecular flexibility index (Phi) is 10.7. The quantitative estimate of drug-likeness (QED) is 0.680. The molecule has 0 spiro atoms. The highest BCUT2D eigenvalue weighted by atomic mass is 35.5. The van der Waals surface area contributed by atoms with Crippen LogP contribution >= 0.6 is 11.6 Å². The van der Waals surface area contributed by atoms with E-state index in [1.54, 1.807) is 24.3 Å². The van der Waals surface area contributed by atoms with Gasteiger partial charge in [0.1, 0.15) is 0 Å². The third kappa shape index (κ3) is 6.97. The summed E-state index contributed by atoms with van der Waals surface area (Å²) in [4.78, 5) is 21.1. The van der Waals surface area contributed by atoms with Gasteiger partial charge in [0.05, 0.1) is 5.56 Å². The van der Waals surface area contributed by atoms with Gasteiger partial charge >= 0.3 is 5.97 Å². The number of carboxylic acids is 1. The highest BCUT2D eigenvalue weighted by molar-refractivity contribution is 6.67. The molecule has 0 aliphatic carbocycles. The van der Waals surface area contributed by atoms with Gasteiger partial charge in [-0.05, 0) is 85.8 Å². The van der Waals surface area contributed by atoms with Gasteiger partial charge < -0.3 is 5.11 Å². The van der Waals surface area contributed by atoms with Crippen LogP contribution in [-0.4, -0.2) is 16.3 Å². The molecule has 132 valence electrons. The lowest BCUT2D eigenvalue weighted by molar-refractivity contribution is 0.0696. The number of carbonyl (C=O) groups excluding carboxylic acids is 1. The molecule has 0 atom stereocenters. The Morgan fingerprint density at radius 2 is 1.12 bits per heavy atom. The van der Waals surface area contributed by atoms with Crippen LogP contribution in [0.1, 0.15) is 57.8 Å². The highest BCUT2D eigenvalue weighted by Crippen LogP contribution is 2.11. The summed E-state index contributed by atoms with van der Waals surface area (Å²) in [5.74, 6) is -0.867. The molecule has 4 heteroatoms. The Bertz CT molecular complexity index is 645. The van der Waals surface area contributed by atoms with Crippen molar-refractivity contribution in [2.45, 2.75) is 42.5 Å². The zero-order valence-electron chi connectivity index (χ0n) is 13.1. The van der Waals surface area contributed by atoms with Crippen LogP contribution in [0.2, 0.25) is 0 Å². The van der Waals surface area contributed by atoms with Crippen LogP contribution in [0, 0.1) is 27.7 Å². The van der Waals surface area contributed by atoms with Crippen molar-refractivity contribution >= 4 is 22.8 Å². The summed E-state index contributed by atoms with van der Waals surface area (Å²) in [5.41, 5.74) is 5.32. The van der Waals surface area contributed by atoms with Crippen LogP contribution in [-0.2, 0) is 0 Å². The van der Waals surface area contributed by atoms with Gasteiger partial charge in [-0.15, -0.1) is 0 Å². The second-order valence-corrected chi connectivity index (χ2v) is 5.52. The van der Waals surface area contributed by atoms with Crippen molar-refractivity contribution in [3.63, 3.8) is 0 Å². The molecule has 0 amide bonds. The number of halogens is 1. The number of hydrogen-bond donors (Lipinski definition) is 1. The van der Waals surface area contributed by atoms with E-state index in [-0.39, 0.29) is 14.9 Å². The van der Waals surface area contributed by atoms with E-state index in [4.69, 9.17) is 16.7 Å². The molecule has 1 N–H and O–H groups in total. The number of carbonyl (C=O) groups is 2. The van der Waals surface area contributed by atoms with Crippen LogP contribution in [0.5, 0.6) is 0 Å². The second-order valence-electron chi connectivity index (χ2n) is 5.18. The fraction of sp³-hybridized carbons (Fsp3) is 0.300. The first-order valence-corrected chi connectivity index (χ1v) is 7.17. The van der Waals surface area contributed by atoms with Gasteiger partial charge in [-0.25, -0.2) is 4.79 Å². The molecule has 2 rings (SSSR count). The molecule has 0 aliphatic rings. The lowest BCUT2D eigenvalue weighted by Gasteiger charge is -1.99. The van der Waals surface area contributed by atoms with Crippen LogP contribution in [0.15, 0.2) is 36.4 Å². The standard InChI is InChI=1S/C9H9ClO.C9H10O2.2CH4/c2*1-6-3-4-8(9(10)11)5-7(6)2;;/h3-5H,1-2H3;3-5H,1-2H3,(H,10,11);2*1H4. The minimum Gasteiger partial charge on any atom is -0.478 e. The third-order valence-corrected chi connectivity index (χ3v) is 3.71. The lowest BCUT2D eigenvalue weighted by Crippen LogP contribution is -1.96. The van der Waals surface area contributed by atoms with Crippen LogP contribution in [0.3, 0.4) is 0 Å². The van der Waals surface area contributed by atoms with Gasteiger partial charge in [0.2, 0.25) is 0 Å². The fourth-order valence-electron chi connectivity index (χ4n) is 1.74. The molecular weight excluding hydrogens is 324 g/mol. The third-order valence-electron chi connectivity index (χ3n) is 3.49. The van der Waals surface area contributed by atoms with E-state index < -0.39 is 11.2 Å². The zero-order chi connectivity index (χ0) is 16.9. The first-order valence-electron chi connectivity index (χ1n) is 6.80. The number of hydrogen-bond acceptors (Lipinski definition) is 2. The van der Waals surface area contributed by atoms with Crippen molar-refractivity contribution in [1.82, 2.24) is 0 Å². The van der Waals surface area contributed by atoms with E-state index in [2.05, 4.69) is 0 Å². The van der Waals surface area contributed by atoms with Crippen LogP contribution < -0.4 is 0 Å². The number of aryl methyl sites for hydroxylation is 4. The first-order chi connectivity index (χ1) is 10.2. The van der Waals surface area contributed by atoms with Crippen molar-refractivity contribution in [3.8, 4) is 0 Å². The molecule has 0 heterocycles. The Morgan fingerprint density at radius 3 is 1.46 bits per heavy atom. The topological polar surface area (TPSA) is 54.4 Å². The first kappa shape index (κ1) is 24.1. The number of carboxylic acid groups (broad SMARTS) is 1. The highest BCUT2D eigenvalue weighted by Gasteiger charge is 2.02. The van der Waals surface area contributed by atoms with E-state index in [0.29, 0.717) is 11.1 Å². The van der Waals surface area contributed by atoms with Crippen LogP contribution in [0.4, 0.5) is 0 Å². The van der Waals surface area contributed by atoms with Gasteiger partial charge in [-0.2, -0.15) is 0 Å². The molecule has 24 heavy (non-hydrogen) atoms. The smallest absolute Gasteiger partial charge is 0.335 e. The van der Waals surface area contributed by atoms with E-state index >= 15 is 0 Å². The normalized spacial score (nSPS) is 8.88. The van der Waals surface area contributed by atoms with Gasteiger partial charge in [-0.3, -0.25) is 4.79 Å². The number of rotatable bonds is 2. The Morgan fingerprint density at radius 1 is 0.750 bits per heavy atom. The minimum atomic E-state index is -0.867. The molecule has 0 aliphatic heterocycles. The predicted octanol–water partition coefficient (Wildman–Crippen LogP) is 5.96. The summed E-state index contributed by atoms with van der Waals surface area (Å²) in [7, 11) is 0. The van der Waals surface area contributed by atoms with Crippen LogP contribution in [0.25, 0.3) is 0 Å². The SMILES string of the molecule is C.C.Cc1ccc(C(=O)Cl)cc1C.Cc1ccc(C(=O)O)cc1C. The molecule has 0 saturated heterocycles. The van der Waals surface area contributed by atoms with Crippen molar-refractivity contribution in [3.05, 3.63) is 69.8 Å². The summed E-state index contributed by atoms with van der Waals surface area (Å²) in [6, 6.07) is 10.5. The van der Waals surface area contributed by atoms with E-state index in [0.717, 1.165) is 16.7 Å². The average Bonchev–Trinajstić information content (AvgIpc) is 2.45. The van der Waals surface area contributed by atoms with Gasteiger partial charge in [0.25, 0.3) is 5.24 Å². The van der Waals surface area contributed by atoms with Gasteiger partial charge in [0.15, 0.2) is 0 Å². The monoisotopic (exact) mass is 350 g/mol. The molecule has 0 radical (unpaired) electrons. The zero-order valence-corrected chi connectivity index (χ0v) is 13.9. The maximum Gasteiger partial charge on any atom is 0.335 e. The summed E-state index contributed by atoms with van der Waals surface area (Å²) >= 11 is 5.29. The van der Waals surface area contributed by atoms with E-state index in [1.807, 2.05) is 39.8 Å². The predicted molar refractivity (Wildman–Crippen MR) is 102 cm³/mol. The molecule has 2 aromatic rings. The molecule has 0 unspecified atom stereocenters.